The van der Waals surface area contributed by atoms with Crippen molar-refractivity contribution < 1.29 is 14.3 Å². The summed E-state index contributed by atoms with van der Waals surface area (Å²) in [6.45, 7) is 8.35. The number of ether oxygens (including phenoxy) is 2. The summed E-state index contributed by atoms with van der Waals surface area (Å²) in [5.74, 6) is 0.437. The number of hydrogen-bond donors (Lipinski definition) is 0. The van der Waals surface area contributed by atoms with Crippen LogP contribution in [0, 0.1) is 5.92 Å². The summed E-state index contributed by atoms with van der Waals surface area (Å²) in [5, 5.41) is 0. The Hall–Kier alpha value is -0.770. The molecule has 0 aliphatic carbocycles. The van der Waals surface area contributed by atoms with Gasteiger partial charge in [0.15, 0.2) is 0 Å². The van der Waals surface area contributed by atoms with E-state index < -0.39 is 0 Å². The van der Waals surface area contributed by atoms with Crippen molar-refractivity contribution >= 4 is 6.09 Å². The molecule has 14 heavy (non-hydrogen) atoms. The number of amides is 1. The van der Waals surface area contributed by atoms with E-state index in [2.05, 4.69) is 13.8 Å². The largest absolute Gasteiger partial charge is 0.450 e. The Balaban J connectivity index is 2.43. The summed E-state index contributed by atoms with van der Waals surface area (Å²) < 4.78 is 10.5. The maximum atomic E-state index is 11.4. The number of carbonyl (C=O) groups is 1. The van der Waals surface area contributed by atoms with Crippen LogP contribution >= 0.6 is 0 Å². The van der Waals surface area contributed by atoms with E-state index in [1.54, 1.807) is 4.90 Å². The third kappa shape index (κ3) is 2.87. The molecule has 0 radical (unpaired) electrons. The molecular formula is C10H19NO3. The van der Waals surface area contributed by atoms with Gasteiger partial charge in [0.25, 0.3) is 0 Å². The summed E-state index contributed by atoms with van der Waals surface area (Å²) in [6.07, 6.45) is -0.0744. The molecule has 4 nitrogen and oxygen atoms in total. The predicted octanol–water partition coefficient (Wildman–Crippen LogP) is 1.50. The van der Waals surface area contributed by atoms with Crippen molar-refractivity contribution in [2.24, 2.45) is 5.92 Å². The lowest BCUT2D eigenvalue weighted by molar-refractivity contribution is -0.0468. The Morgan fingerprint density at radius 1 is 1.64 bits per heavy atom. The molecule has 0 N–H and O–H groups in total. The van der Waals surface area contributed by atoms with E-state index in [1.165, 1.54) is 0 Å². The van der Waals surface area contributed by atoms with Crippen LogP contribution in [-0.4, -0.2) is 43.4 Å². The maximum Gasteiger partial charge on any atom is 0.409 e. The van der Waals surface area contributed by atoms with E-state index in [0.717, 1.165) is 0 Å². The first-order valence-electron chi connectivity index (χ1n) is 5.18. The van der Waals surface area contributed by atoms with Gasteiger partial charge in [-0.15, -0.1) is 0 Å². The molecule has 1 saturated heterocycles. The average Bonchev–Trinajstić information content (AvgIpc) is 2.18. The van der Waals surface area contributed by atoms with Crippen LogP contribution in [0.25, 0.3) is 0 Å². The van der Waals surface area contributed by atoms with Gasteiger partial charge in [0, 0.05) is 6.54 Å². The lowest BCUT2D eigenvalue weighted by Crippen LogP contribution is -2.47. The van der Waals surface area contributed by atoms with Crippen molar-refractivity contribution in [3.63, 3.8) is 0 Å². The van der Waals surface area contributed by atoms with Gasteiger partial charge in [-0.1, -0.05) is 13.8 Å². The lowest BCUT2D eigenvalue weighted by atomic mass is 10.1. The first-order chi connectivity index (χ1) is 6.65. The first-order valence-corrected chi connectivity index (χ1v) is 5.18. The highest BCUT2D eigenvalue weighted by atomic mass is 16.6. The molecular weight excluding hydrogens is 182 g/mol. The molecule has 0 aromatic heterocycles. The average molecular weight is 201 g/mol. The molecule has 82 valence electrons. The molecule has 1 rings (SSSR count). The van der Waals surface area contributed by atoms with E-state index in [4.69, 9.17) is 9.47 Å². The summed E-state index contributed by atoms with van der Waals surface area (Å²) in [5.41, 5.74) is 0. The molecule has 0 bridgehead atoms. The molecule has 1 amide bonds. The Labute approximate surface area is 85.2 Å². The zero-order chi connectivity index (χ0) is 10.6. The molecule has 1 atom stereocenters. The quantitative estimate of drug-likeness (QED) is 0.679. The molecule has 0 saturated carbocycles. The topological polar surface area (TPSA) is 38.8 Å². The van der Waals surface area contributed by atoms with E-state index in [0.29, 0.717) is 32.2 Å². The molecule has 0 aromatic rings. The van der Waals surface area contributed by atoms with Crippen LogP contribution in [0.15, 0.2) is 0 Å². The van der Waals surface area contributed by atoms with E-state index in [1.807, 2.05) is 6.92 Å². The third-order valence-corrected chi connectivity index (χ3v) is 2.36. The Morgan fingerprint density at radius 2 is 2.36 bits per heavy atom. The minimum Gasteiger partial charge on any atom is -0.450 e. The number of rotatable bonds is 2. The molecule has 1 fully saturated rings. The Morgan fingerprint density at radius 3 is 2.93 bits per heavy atom. The van der Waals surface area contributed by atoms with Crippen LogP contribution < -0.4 is 0 Å². The lowest BCUT2D eigenvalue weighted by Gasteiger charge is -2.34. The number of morpholine rings is 1. The van der Waals surface area contributed by atoms with Gasteiger partial charge in [0.2, 0.25) is 0 Å². The normalized spacial score (nSPS) is 22.6. The van der Waals surface area contributed by atoms with Crippen molar-refractivity contribution in [2.45, 2.75) is 26.9 Å². The van der Waals surface area contributed by atoms with Crippen molar-refractivity contribution in [1.29, 1.82) is 0 Å². The SMILES string of the molecule is CCOC(=O)N1CCOC(C(C)C)C1. The molecule has 1 unspecified atom stereocenters. The monoisotopic (exact) mass is 201 g/mol. The van der Waals surface area contributed by atoms with Gasteiger partial charge in [-0.2, -0.15) is 0 Å². The van der Waals surface area contributed by atoms with E-state index >= 15 is 0 Å². The fraction of sp³-hybridized carbons (Fsp3) is 0.900. The minimum absolute atomic E-state index is 0.146. The van der Waals surface area contributed by atoms with Gasteiger partial charge >= 0.3 is 6.09 Å². The maximum absolute atomic E-state index is 11.4. The second-order valence-electron chi connectivity index (χ2n) is 3.80. The van der Waals surface area contributed by atoms with Crippen molar-refractivity contribution in [3.8, 4) is 0 Å². The van der Waals surface area contributed by atoms with Crippen LogP contribution in [0.5, 0.6) is 0 Å². The number of hydrogen-bond acceptors (Lipinski definition) is 3. The van der Waals surface area contributed by atoms with Crippen LogP contribution in [0.4, 0.5) is 4.79 Å². The second-order valence-corrected chi connectivity index (χ2v) is 3.80. The molecule has 0 spiro atoms. The summed E-state index contributed by atoms with van der Waals surface area (Å²) in [4.78, 5) is 13.1. The zero-order valence-corrected chi connectivity index (χ0v) is 9.16. The predicted molar refractivity (Wildman–Crippen MR) is 53.2 cm³/mol. The van der Waals surface area contributed by atoms with Gasteiger partial charge in [0.1, 0.15) is 0 Å². The Kier molecular flexibility index (Phi) is 4.20. The first kappa shape index (κ1) is 11.3. The fourth-order valence-corrected chi connectivity index (χ4v) is 1.46. The standard InChI is InChI=1S/C10H19NO3/c1-4-13-10(12)11-5-6-14-9(7-11)8(2)3/h8-9H,4-7H2,1-3H3. The highest BCUT2D eigenvalue weighted by molar-refractivity contribution is 5.67. The molecule has 1 aliphatic heterocycles. The van der Waals surface area contributed by atoms with Crippen molar-refractivity contribution in [1.82, 2.24) is 4.90 Å². The summed E-state index contributed by atoms with van der Waals surface area (Å²) in [6, 6.07) is 0. The Bertz CT molecular complexity index is 194. The molecule has 1 heterocycles. The number of nitrogens with zero attached hydrogens (tertiary/aromatic N) is 1. The van der Waals surface area contributed by atoms with Crippen molar-refractivity contribution in [3.05, 3.63) is 0 Å². The van der Waals surface area contributed by atoms with Crippen molar-refractivity contribution in [2.75, 3.05) is 26.3 Å². The van der Waals surface area contributed by atoms with Crippen LogP contribution in [0.2, 0.25) is 0 Å². The molecule has 1 aliphatic rings. The van der Waals surface area contributed by atoms with Gasteiger partial charge < -0.3 is 14.4 Å². The van der Waals surface area contributed by atoms with E-state index in [9.17, 15) is 4.79 Å². The molecule has 4 heteroatoms. The zero-order valence-electron chi connectivity index (χ0n) is 9.16. The van der Waals surface area contributed by atoms with E-state index in [-0.39, 0.29) is 12.2 Å². The van der Waals surface area contributed by atoms with Crippen LogP contribution in [-0.2, 0) is 9.47 Å². The third-order valence-electron chi connectivity index (χ3n) is 2.36. The highest BCUT2D eigenvalue weighted by Gasteiger charge is 2.26. The fourth-order valence-electron chi connectivity index (χ4n) is 1.46. The second kappa shape index (κ2) is 5.20. The van der Waals surface area contributed by atoms with Gasteiger partial charge in [-0.25, -0.2) is 4.79 Å². The van der Waals surface area contributed by atoms with Crippen LogP contribution in [0.1, 0.15) is 20.8 Å². The number of carbonyl (C=O) groups excluding carboxylic acids is 1. The summed E-state index contributed by atoms with van der Waals surface area (Å²) >= 11 is 0. The summed E-state index contributed by atoms with van der Waals surface area (Å²) in [7, 11) is 0. The van der Waals surface area contributed by atoms with Gasteiger partial charge in [-0.05, 0) is 12.8 Å². The molecule has 0 aromatic carbocycles. The van der Waals surface area contributed by atoms with Crippen LogP contribution in [0.3, 0.4) is 0 Å². The van der Waals surface area contributed by atoms with Gasteiger partial charge in [0.05, 0.1) is 25.9 Å². The highest BCUT2D eigenvalue weighted by Crippen LogP contribution is 2.13. The van der Waals surface area contributed by atoms with Gasteiger partial charge in [-0.3, -0.25) is 0 Å². The smallest absolute Gasteiger partial charge is 0.409 e. The minimum atomic E-state index is -0.221.